The second-order valence-corrected chi connectivity index (χ2v) is 5.86. The molecule has 0 amide bonds. The minimum absolute atomic E-state index is 0.0813. The van der Waals surface area contributed by atoms with Gasteiger partial charge in [0, 0.05) is 11.5 Å². The number of methoxy groups -OCH3 is 1. The van der Waals surface area contributed by atoms with Crippen LogP contribution in [0, 0.1) is 0 Å². The summed E-state index contributed by atoms with van der Waals surface area (Å²) in [6.45, 7) is 0. The Morgan fingerprint density at radius 3 is 2.79 bits per heavy atom. The van der Waals surface area contributed by atoms with Crippen LogP contribution in [0.2, 0.25) is 0 Å². The normalized spacial score (nSPS) is 16.5. The van der Waals surface area contributed by atoms with E-state index in [1.807, 2.05) is 42.5 Å². The Hall–Kier alpha value is -3.01. The topological polar surface area (TPSA) is 55.8 Å². The molecule has 1 heterocycles. The smallest absolute Gasteiger partial charge is 0.312 e. The van der Waals surface area contributed by atoms with Crippen molar-refractivity contribution in [2.45, 2.75) is 12.3 Å². The van der Waals surface area contributed by atoms with E-state index >= 15 is 0 Å². The van der Waals surface area contributed by atoms with Crippen molar-refractivity contribution in [2.75, 3.05) is 7.11 Å². The molecule has 0 spiro atoms. The number of rotatable bonds is 2. The molecule has 1 aliphatic heterocycles. The summed E-state index contributed by atoms with van der Waals surface area (Å²) in [5.74, 6) is 0.685. The van der Waals surface area contributed by atoms with Gasteiger partial charge in [-0.15, -0.1) is 0 Å². The number of fused-ring (bicyclic) bond motifs is 3. The Kier molecular flexibility index (Phi) is 3.38. The molecular formula is C20H16O4. The molecule has 0 aliphatic carbocycles. The van der Waals surface area contributed by atoms with Crippen LogP contribution >= 0.6 is 0 Å². The number of aromatic hydroxyl groups is 1. The van der Waals surface area contributed by atoms with Crippen molar-refractivity contribution >= 4 is 16.7 Å². The van der Waals surface area contributed by atoms with Gasteiger partial charge in [0.2, 0.25) is 0 Å². The summed E-state index contributed by atoms with van der Waals surface area (Å²) in [5.41, 5.74) is 1.92. The van der Waals surface area contributed by atoms with Gasteiger partial charge in [-0.1, -0.05) is 36.4 Å². The van der Waals surface area contributed by atoms with Crippen molar-refractivity contribution < 1.29 is 19.4 Å². The molecule has 24 heavy (non-hydrogen) atoms. The highest BCUT2D eigenvalue weighted by atomic mass is 16.5. The molecule has 0 radical (unpaired) electrons. The first-order chi connectivity index (χ1) is 11.7. The van der Waals surface area contributed by atoms with Crippen LogP contribution in [0.5, 0.6) is 17.2 Å². The minimum atomic E-state index is -0.255. The van der Waals surface area contributed by atoms with Crippen LogP contribution in [0.3, 0.4) is 0 Å². The van der Waals surface area contributed by atoms with E-state index in [1.165, 1.54) is 7.11 Å². The van der Waals surface area contributed by atoms with Crippen LogP contribution in [0.15, 0.2) is 54.6 Å². The SMILES string of the molecule is COc1cc([C@H]2CC(=O)Oc3ccc4ccccc4c32)ccc1O. The molecule has 4 rings (SSSR count). The summed E-state index contributed by atoms with van der Waals surface area (Å²) in [4.78, 5) is 12.1. The van der Waals surface area contributed by atoms with Crippen molar-refractivity contribution in [3.05, 3.63) is 65.7 Å². The van der Waals surface area contributed by atoms with Crippen LogP contribution in [0.25, 0.3) is 10.8 Å². The Bertz CT molecular complexity index is 946. The summed E-state index contributed by atoms with van der Waals surface area (Å²) < 4.78 is 10.7. The maximum Gasteiger partial charge on any atom is 0.312 e. The fourth-order valence-corrected chi connectivity index (χ4v) is 3.35. The van der Waals surface area contributed by atoms with Gasteiger partial charge in [0.1, 0.15) is 5.75 Å². The fourth-order valence-electron chi connectivity index (χ4n) is 3.35. The molecule has 0 saturated carbocycles. The molecule has 0 saturated heterocycles. The zero-order valence-corrected chi connectivity index (χ0v) is 13.2. The monoisotopic (exact) mass is 320 g/mol. The Labute approximate surface area is 139 Å². The van der Waals surface area contributed by atoms with E-state index < -0.39 is 0 Å². The summed E-state index contributed by atoms with van der Waals surface area (Å²) in [6, 6.07) is 17.1. The first-order valence-electron chi connectivity index (χ1n) is 7.76. The van der Waals surface area contributed by atoms with Crippen molar-refractivity contribution in [1.29, 1.82) is 0 Å². The third-order valence-corrected chi connectivity index (χ3v) is 4.48. The van der Waals surface area contributed by atoms with Crippen LogP contribution < -0.4 is 9.47 Å². The molecule has 0 bridgehead atoms. The second kappa shape index (κ2) is 5.57. The molecule has 1 atom stereocenters. The summed E-state index contributed by atoms with van der Waals surface area (Å²) in [7, 11) is 1.51. The van der Waals surface area contributed by atoms with Gasteiger partial charge >= 0.3 is 5.97 Å². The average molecular weight is 320 g/mol. The van der Waals surface area contributed by atoms with Crippen LogP contribution in [0.1, 0.15) is 23.5 Å². The standard InChI is InChI=1S/C20H16O4/c1-23-18-10-13(6-8-16(18)21)15-11-19(22)24-17-9-7-12-4-2-3-5-14(12)20(15)17/h2-10,15,21H,11H2,1H3/t15-/m1/s1. The number of ether oxygens (including phenoxy) is 2. The summed E-state index contributed by atoms with van der Waals surface area (Å²) in [5, 5.41) is 12.0. The number of phenolic OH excluding ortho intramolecular Hbond substituents is 1. The molecule has 0 aromatic heterocycles. The fraction of sp³-hybridized carbons (Fsp3) is 0.150. The van der Waals surface area contributed by atoms with Crippen molar-refractivity contribution in [3.63, 3.8) is 0 Å². The summed E-state index contributed by atoms with van der Waals surface area (Å²) >= 11 is 0. The lowest BCUT2D eigenvalue weighted by molar-refractivity contribution is -0.135. The zero-order chi connectivity index (χ0) is 16.7. The lowest BCUT2D eigenvalue weighted by Crippen LogP contribution is -2.21. The largest absolute Gasteiger partial charge is 0.504 e. The van der Waals surface area contributed by atoms with Crippen LogP contribution in [-0.2, 0) is 4.79 Å². The van der Waals surface area contributed by atoms with Crippen LogP contribution in [-0.4, -0.2) is 18.2 Å². The molecule has 3 aromatic rings. The van der Waals surface area contributed by atoms with E-state index in [0.717, 1.165) is 21.9 Å². The van der Waals surface area contributed by atoms with Gasteiger partial charge < -0.3 is 14.6 Å². The maximum absolute atomic E-state index is 12.1. The van der Waals surface area contributed by atoms with Gasteiger partial charge in [0.15, 0.2) is 11.5 Å². The highest BCUT2D eigenvalue weighted by Gasteiger charge is 2.30. The third-order valence-electron chi connectivity index (χ3n) is 4.48. The number of benzene rings is 3. The Morgan fingerprint density at radius 2 is 1.96 bits per heavy atom. The van der Waals surface area contributed by atoms with Gasteiger partial charge in [-0.25, -0.2) is 0 Å². The molecule has 4 nitrogen and oxygen atoms in total. The zero-order valence-electron chi connectivity index (χ0n) is 13.2. The number of phenols is 1. The molecule has 1 aliphatic rings. The number of hydrogen-bond donors (Lipinski definition) is 1. The maximum atomic E-state index is 12.1. The first-order valence-corrected chi connectivity index (χ1v) is 7.76. The predicted molar refractivity (Wildman–Crippen MR) is 90.7 cm³/mol. The van der Waals surface area contributed by atoms with E-state index in [0.29, 0.717) is 11.5 Å². The molecule has 0 fully saturated rings. The molecule has 3 aromatic carbocycles. The minimum Gasteiger partial charge on any atom is -0.504 e. The lowest BCUT2D eigenvalue weighted by atomic mass is 9.83. The highest BCUT2D eigenvalue weighted by molar-refractivity contribution is 5.92. The Morgan fingerprint density at radius 1 is 1.12 bits per heavy atom. The van der Waals surface area contributed by atoms with E-state index in [1.54, 1.807) is 12.1 Å². The van der Waals surface area contributed by atoms with Gasteiger partial charge in [-0.05, 0) is 34.5 Å². The molecule has 1 N–H and O–H groups in total. The first kappa shape index (κ1) is 14.6. The molecule has 0 unspecified atom stereocenters. The van der Waals surface area contributed by atoms with E-state index in [9.17, 15) is 9.90 Å². The van der Waals surface area contributed by atoms with Gasteiger partial charge in [0.25, 0.3) is 0 Å². The van der Waals surface area contributed by atoms with Crippen molar-refractivity contribution in [1.82, 2.24) is 0 Å². The number of carbonyl (C=O) groups excluding carboxylic acids is 1. The number of carbonyl (C=O) groups is 1. The molecule has 4 heteroatoms. The van der Waals surface area contributed by atoms with Gasteiger partial charge in [-0.3, -0.25) is 4.79 Å². The quantitative estimate of drug-likeness (QED) is 0.573. The number of esters is 1. The summed E-state index contributed by atoms with van der Waals surface area (Å²) in [6.07, 6.45) is 0.259. The van der Waals surface area contributed by atoms with Crippen LogP contribution in [0.4, 0.5) is 0 Å². The number of hydrogen-bond acceptors (Lipinski definition) is 4. The van der Waals surface area contributed by atoms with Crippen molar-refractivity contribution in [2.24, 2.45) is 0 Å². The average Bonchev–Trinajstić information content (AvgIpc) is 2.61. The van der Waals surface area contributed by atoms with Gasteiger partial charge in [-0.2, -0.15) is 0 Å². The highest BCUT2D eigenvalue weighted by Crippen LogP contribution is 2.44. The predicted octanol–water partition coefficient (Wildman–Crippen LogP) is 4.00. The Balaban J connectivity index is 1.95. The lowest BCUT2D eigenvalue weighted by Gasteiger charge is -2.26. The third kappa shape index (κ3) is 2.27. The van der Waals surface area contributed by atoms with Gasteiger partial charge in [0.05, 0.1) is 13.5 Å². The van der Waals surface area contributed by atoms with E-state index in [4.69, 9.17) is 9.47 Å². The van der Waals surface area contributed by atoms with Crippen molar-refractivity contribution in [3.8, 4) is 17.2 Å². The second-order valence-electron chi connectivity index (χ2n) is 5.86. The molecular weight excluding hydrogens is 304 g/mol. The van der Waals surface area contributed by atoms with E-state index in [2.05, 4.69) is 0 Å². The molecule has 120 valence electrons. The van der Waals surface area contributed by atoms with E-state index in [-0.39, 0.29) is 24.1 Å².